The Bertz CT molecular complexity index is 977. The van der Waals surface area contributed by atoms with Crippen molar-refractivity contribution in [2.24, 2.45) is 0 Å². The maximum atomic E-state index is 12.5. The van der Waals surface area contributed by atoms with Gasteiger partial charge in [-0.2, -0.15) is 0 Å². The van der Waals surface area contributed by atoms with E-state index < -0.39 is 0 Å². The number of hydrogen-bond donors (Lipinski definition) is 2. The molecule has 1 aromatic heterocycles. The number of benzene rings is 2. The van der Waals surface area contributed by atoms with Crippen LogP contribution in [0.15, 0.2) is 54.7 Å². The Morgan fingerprint density at radius 2 is 1.86 bits per heavy atom. The van der Waals surface area contributed by atoms with Gasteiger partial charge in [0.15, 0.2) is 0 Å². The summed E-state index contributed by atoms with van der Waals surface area (Å²) in [5.41, 5.74) is 2.56. The lowest BCUT2D eigenvalue weighted by molar-refractivity contribution is 0.102. The van der Waals surface area contributed by atoms with E-state index in [4.69, 9.17) is 16.3 Å². The summed E-state index contributed by atoms with van der Waals surface area (Å²) in [6.45, 7) is 0. The number of rotatable bonds is 6. The molecule has 0 aliphatic carbocycles. The smallest absolute Gasteiger partial charge is 0.274 e. The Labute approximate surface area is 168 Å². The Kier molecular flexibility index (Phi) is 5.96. The predicted octanol–water partition coefficient (Wildman–Crippen LogP) is 4.20. The van der Waals surface area contributed by atoms with Crippen LogP contribution in [-0.4, -0.2) is 37.1 Å². The van der Waals surface area contributed by atoms with Crippen LogP contribution >= 0.6 is 11.6 Å². The van der Waals surface area contributed by atoms with Gasteiger partial charge >= 0.3 is 0 Å². The zero-order chi connectivity index (χ0) is 20.1. The van der Waals surface area contributed by atoms with Crippen molar-refractivity contribution in [1.82, 2.24) is 9.97 Å². The summed E-state index contributed by atoms with van der Waals surface area (Å²) in [5.74, 6) is 0.515. The molecule has 1 amide bonds. The first-order valence-electron chi connectivity index (χ1n) is 8.48. The molecular formula is C20H20ClN5O2. The van der Waals surface area contributed by atoms with Crippen molar-refractivity contribution in [3.8, 4) is 5.75 Å². The zero-order valence-electron chi connectivity index (χ0n) is 15.7. The van der Waals surface area contributed by atoms with Crippen LogP contribution in [0.25, 0.3) is 0 Å². The number of hydrogen-bond acceptors (Lipinski definition) is 6. The molecule has 28 heavy (non-hydrogen) atoms. The van der Waals surface area contributed by atoms with Gasteiger partial charge in [-0.25, -0.2) is 9.97 Å². The number of nitrogens with one attached hydrogen (secondary N) is 2. The van der Waals surface area contributed by atoms with Crippen LogP contribution in [0.3, 0.4) is 0 Å². The summed E-state index contributed by atoms with van der Waals surface area (Å²) in [7, 11) is 5.47. The van der Waals surface area contributed by atoms with Crippen molar-refractivity contribution in [2.75, 3.05) is 36.7 Å². The molecule has 0 bridgehead atoms. The second-order valence-corrected chi connectivity index (χ2v) is 6.57. The third kappa shape index (κ3) is 4.69. The third-order valence-electron chi connectivity index (χ3n) is 3.94. The lowest BCUT2D eigenvalue weighted by atomic mass is 10.2. The molecule has 2 N–H and O–H groups in total. The number of halogens is 1. The van der Waals surface area contributed by atoms with E-state index in [0.717, 1.165) is 5.69 Å². The van der Waals surface area contributed by atoms with Crippen molar-refractivity contribution in [3.63, 3.8) is 0 Å². The van der Waals surface area contributed by atoms with Gasteiger partial charge in [0, 0.05) is 36.7 Å². The molecule has 0 aliphatic heterocycles. The number of carbonyl (C=O) groups is 1. The first-order chi connectivity index (χ1) is 13.5. The first-order valence-corrected chi connectivity index (χ1v) is 8.86. The summed E-state index contributed by atoms with van der Waals surface area (Å²) in [6, 6.07) is 14.2. The Morgan fingerprint density at radius 1 is 1.11 bits per heavy atom. The van der Waals surface area contributed by atoms with E-state index in [1.54, 1.807) is 31.4 Å². The zero-order valence-corrected chi connectivity index (χ0v) is 16.5. The molecule has 7 nitrogen and oxygen atoms in total. The van der Waals surface area contributed by atoms with Crippen molar-refractivity contribution in [2.45, 2.75) is 0 Å². The number of ether oxygens (including phenoxy) is 1. The molecular weight excluding hydrogens is 378 g/mol. The van der Waals surface area contributed by atoms with Crippen LogP contribution in [0.1, 0.15) is 10.5 Å². The number of methoxy groups -OCH3 is 1. The highest BCUT2D eigenvalue weighted by atomic mass is 35.5. The molecule has 0 atom stereocenters. The number of carbonyl (C=O) groups excluding carboxylic acids is 1. The van der Waals surface area contributed by atoms with Crippen molar-refractivity contribution in [3.05, 3.63) is 65.4 Å². The van der Waals surface area contributed by atoms with Crippen molar-refractivity contribution < 1.29 is 9.53 Å². The molecule has 0 saturated carbocycles. The minimum Gasteiger partial charge on any atom is -0.495 e. The van der Waals surface area contributed by atoms with Crippen LogP contribution in [0.5, 0.6) is 5.75 Å². The lowest BCUT2D eigenvalue weighted by Gasteiger charge is -2.13. The Balaban J connectivity index is 1.75. The number of amides is 1. The van der Waals surface area contributed by atoms with Crippen LogP contribution < -0.4 is 20.3 Å². The van der Waals surface area contributed by atoms with E-state index >= 15 is 0 Å². The van der Waals surface area contributed by atoms with Gasteiger partial charge in [0.25, 0.3) is 5.91 Å². The van der Waals surface area contributed by atoms with Crippen LogP contribution in [-0.2, 0) is 0 Å². The highest BCUT2D eigenvalue weighted by Gasteiger charge is 2.11. The van der Waals surface area contributed by atoms with Gasteiger partial charge in [0.2, 0.25) is 5.95 Å². The molecule has 3 aromatic rings. The summed E-state index contributed by atoms with van der Waals surface area (Å²) >= 11 is 6.04. The van der Waals surface area contributed by atoms with E-state index in [1.165, 1.54) is 6.20 Å². The molecule has 0 unspecified atom stereocenters. The van der Waals surface area contributed by atoms with E-state index in [0.29, 0.717) is 22.1 Å². The highest BCUT2D eigenvalue weighted by Crippen LogP contribution is 2.29. The van der Waals surface area contributed by atoms with Crippen molar-refractivity contribution >= 4 is 40.5 Å². The van der Waals surface area contributed by atoms with Gasteiger partial charge in [-0.05, 0) is 48.5 Å². The summed E-state index contributed by atoms with van der Waals surface area (Å²) < 4.78 is 5.30. The van der Waals surface area contributed by atoms with Gasteiger partial charge in [-0.3, -0.25) is 4.79 Å². The lowest BCUT2D eigenvalue weighted by Crippen LogP contribution is -2.15. The van der Waals surface area contributed by atoms with Crippen LogP contribution in [0.2, 0.25) is 5.02 Å². The molecule has 0 saturated heterocycles. The molecule has 0 spiro atoms. The summed E-state index contributed by atoms with van der Waals surface area (Å²) in [5, 5.41) is 6.39. The minimum atomic E-state index is -0.332. The third-order valence-corrected chi connectivity index (χ3v) is 4.17. The minimum absolute atomic E-state index is 0.232. The van der Waals surface area contributed by atoms with Crippen molar-refractivity contribution in [1.29, 1.82) is 0 Å². The molecule has 8 heteroatoms. The molecule has 0 aliphatic rings. The maximum absolute atomic E-state index is 12.5. The number of anilines is 4. The van der Waals surface area contributed by atoms with Crippen LogP contribution in [0.4, 0.5) is 23.0 Å². The fourth-order valence-electron chi connectivity index (χ4n) is 2.48. The molecule has 2 aromatic carbocycles. The largest absolute Gasteiger partial charge is 0.495 e. The quantitative estimate of drug-likeness (QED) is 0.649. The highest BCUT2D eigenvalue weighted by molar-refractivity contribution is 6.31. The second-order valence-electron chi connectivity index (χ2n) is 6.13. The standard InChI is InChI=1S/C20H20ClN5O2/c1-26(2)15-7-5-14(6-8-15)23-19(27)16-10-11-22-20(24-16)25-17-12-13(21)4-9-18(17)28-3/h4-12H,1-3H3,(H,23,27)(H,22,24,25). The SMILES string of the molecule is COc1ccc(Cl)cc1Nc1nccc(C(=O)Nc2ccc(N(C)C)cc2)n1. The normalized spacial score (nSPS) is 10.3. The van der Waals surface area contributed by atoms with E-state index in [2.05, 4.69) is 20.6 Å². The topological polar surface area (TPSA) is 79.4 Å². The predicted molar refractivity (Wildman–Crippen MR) is 112 cm³/mol. The summed E-state index contributed by atoms with van der Waals surface area (Å²) in [6.07, 6.45) is 1.51. The summed E-state index contributed by atoms with van der Waals surface area (Å²) in [4.78, 5) is 22.9. The second kappa shape index (κ2) is 8.58. The molecule has 144 valence electrons. The van der Waals surface area contributed by atoms with E-state index in [9.17, 15) is 4.79 Å². The number of nitrogens with zero attached hydrogens (tertiary/aromatic N) is 3. The molecule has 3 rings (SSSR count). The van der Waals surface area contributed by atoms with Gasteiger partial charge in [-0.15, -0.1) is 0 Å². The van der Waals surface area contributed by atoms with Gasteiger partial charge in [0.05, 0.1) is 12.8 Å². The molecule has 1 heterocycles. The average Bonchev–Trinajstić information content (AvgIpc) is 2.69. The fraction of sp³-hybridized carbons (Fsp3) is 0.150. The van der Waals surface area contributed by atoms with E-state index in [1.807, 2.05) is 43.3 Å². The number of aromatic nitrogens is 2. The Hall–Kier alpha value is -3.32. The van der Waals surface area contributed by atoms with Crippen LogP contribution in [0, 0.1) is 0 Å². The van der Waals surface area contributed by atoms with Gasteiger partial charge in [0.1, 0.15) is 11.4 Å². The monoisotopic (exact) mass is 397 g/mol. The van der Waals surface area contributed by atoms with Gasteiger partial charge in [-0.1, -0.05) is 11.6 Å². The fourth-order valence-corrected chi connectivity index (χ4v) is 2.65. The Morgan fingerprint density at radius 3 is 2.54 bits per heavy atom. The van der Waals surface area contributed by atoms with Gasteiger partial charge < -0.3 is 20.3 Å². The maximum Gasteiger partial charge on any atom is 0.274 e. The molecule has 0 radical (unpaired) electrons. The van der Waals surface area contributed by atoms with E-state index in [-0.39, 0.29) is 17.5 Å². The average molecular weight is 398 g/mol. The molecule has 0 fully saturated rings. The first kappa shape index (κ1) is 19.4.